The molecule has 112 valence electrons. The molecule has 0 bridgehead atoms. The highest BCUT2D eigenvalue weighted by Crippen LogP contribution is 2.12. The van der Waals surface area contributed by atoms with E-state index in [-0.39, 0.29) is 36.1 Å². The summed E-state index contributed by atoms with van der Waals surface area (Å²) in [7, 11) is 0. The minimum Gasteiger partial charge on any atom is -0.352 e. The minimum atomic E-state index is -0.216. The van der Waals surface area contributed by atoms with Crippen molar-refractivity contribution in [1.82, 2.24) is 10.6 Å². The second kappa shape index (κ2) is 8.22. The zero-order valence-corrected chi connectivity index (χ0v) is 12.5. The van der Waals surface area contributed by atoms with Gasteiger partial charge in [-0.15, -0.1) is 12.4 Å². The Hall–Kier alpha value is -1.13. The van der Waals surface area contributed by atoms with Crippen molar-refractivity contribution in [1.29, 1.82) is 0 Å². The van der Waals surface area contributed by atoms with E-state index in [2.05, 4.69) is 10.6 Å². The van der Waals surface area contributed by atoms with Gasteiger partial charge in [-0.2, -0.15) is 0 Å². The average Bonchev–Trinajstić information content (AvgIpc) is 2.89. The average molecular weight is 301 g/mol. The Morgan fingerprint density at radius 2 is 2.35 bits per heavy atom. The highest BCUT2D eigenvalue weighted by molar-refractivity contribution is 5.85. The van der Waals surface area contributed by atoms with E-state index in [1.165, 1.54) is 12.1 Å². The van der Waals surface area contributed by atoms with E-state index in [1.54, 1.807) is 6.07 Å². The van der Waals surface area contributed by atoms with Crippen LogP contribution in [-0.4, -0.2) is 25.0 Å². The molecule has 2 atom stereocenters. The van der Waals surface area contributed by atoms with E-state index < -0.39 is 0 Å². The fraction of sp³-hybridized carbons (Fsp3) is 0.533. The Bertz CT molecular complexity index is 436. The van der Waals surface area contributed by atoms with Crippen molar-refractivity contribution in [3.05, 3.63) is 35.6 Å². The number of nitrogens with one attached hydrogen (secondary N) is 2. The molecule has 1 heterocycles. The van der Waals surface area contributed by atoms with E-state index in [0.717, 1.165) is 37.9 Å². The van der Waals surface area contributed by atoms with Gasteiger partial charge in [-0.1, -0.05) is 19.1 Å². The normalized spacial score (nSPS) is 19.2. The summed E-state index contributed by atoms with van der Waals surface area (Å²) >= 11 is 0. The van der Waals surface area contributed by atoms with Gasteiger partial charge in [-0.05, 0) is 43.5 Å². The van der Waals surface area contributed by atoms with Crippen LogP contribution in [0.2, 0.25) is 0 Å². The Labute approximate surface area is 125 Å². The van der Waals surface area contributed by atoms with Crippen LogP contribution in [0.25, 0.3) is 0 Å². The zero-order chi connectivity index (χ0) is 13.7. The number of rotatable bonds is 5. The van der Waals surface area contributed by atoms with Crippen LogP contribution in [0.1, 0.15) is 25.3 Å². The molecule has 0 spiro atoms. The number of amides is 1. The van der Waals surface area contributed by atoms with Crippen LogP contribution < -0.4 is 10.6 Å². The molecule has 1 amide bonds. The number of hydrogen-bond donors (Lipinski definition) is 2. The number of aryl methyl sites for hydroxylation is 1. The lowest BCUT2D eigenvalue weighted by Gasteiger charge is -2.16. The van der Waals surface area contributed by atoms with Gasteiger partial charge in [0.2, 0.25) is 5.91 Å². The van der Waals surface area contributed by atoms with Gasteiger partial charge < -0.3 is 10.6 Å². The van der Waals surface area contributed by atoms with Crippen LogP contribution in [0, 0.1) is 11.7 Å². The lowest BCUT2D eigenvalue weighted by molar-refractivity contribution is -0.125. The maximum absolute atomic E-state index is 13.0. The van der Waals surface area contributed by atoms with Crippen molar-refractivity contribution >= 4 is 18.3 Å². The SMILES string of the molecule is CC(CCc1cccc(F)c1)C(=O)NC1CCNC1.Cl. The monoisotopic (exact) mass is 300 g/mol. The lowest BCUT2D eigenvalue weighted by Crippen LogP contribution is -2.39. The number of carbonyl (C=O) groups excluding carboxylic acids is 1. The molecular weight excluding hydrogens is 279 g/mol. The topological polar surface area (TPSA) is 41.1 Å². The molecule has 1 saturated heterocycles. The molecule has 5 heteroatoms. The third kappa shape index (κ3) is 5.10. The largest absolute Gasteiger partial charge is 0.352 e. The molecule has 1 aliphatic rings. The highest BCUT2D eigenvalue weighted by atomic mass is 35.5. The second-order valence-electron chi connectivity index (χ2n) is 5.27. The number of benzene rings is 1. The zero-order valence-electron chi connectivity index (χ0n) is 11.7. The third-order valence-electron chi connectivity index (χ3n) is 3.61. The number of hydrogen-bond acceptors (Lipinski definition) is 2. The summed E-state index contributed by atoms with van der Waals surface area (Å²) in [6.07, 6.45) is 2.48. The van der Waals surface area contributed by atoms with Crippen LogP contribution in [0.5, 0.6) is 0 Å². The van der Waals surface area contributed by atoms with Crippen molar-refractivity contribution in [2.75, 3.05) is 13.1 Å². The van der Waals surface area contributed by atoms with E-state index in [9.17, 15) is 9.18 Å². The molecule has 0 saturated carbocycles. The van der Waals surface area contributed by atoms with Gasteiger partial charge >= 0.3 is 0 Å². The van der Waals surface area contributed by atoms with Gasteiger partial charge in [0.1, 0.15) is 5.82 Å². The van der Waals surface area contributed by atoms with E-state index in [1.807, 2.05) is 13.0 Å². The molecule has 20 heavy (non-hydrogen) atoms. The first-order valence-corrected chi connectivity index (χ1v) is 6.90. The summed E-state index contributed by atoms with van der Waals surface area (Å²) in [4.78, 5) is 12.0. The third-order valence-corrected chi connectivity index (χ3v) is 3.61. The van der Waals surface area contributed by atoms with Gasteiger partial charge in [-0.25, -0.2) is 4.39 Å². The van der Waals surface area contributed by atoms with Crippen LogP contribution in [0.15, 0.2) is 24.3 Å². The van der Waals surface area contributed by atoms with Gasteiger partial charge in [0.15, 0.2) is 0 Å². The molecule has 1 aromatic rings. The first-order chi connectivity index (χ1) is 9.15. The van der Waals surface area contributed by atoms with Crippen LogP contribution in [0.4, 0.5) is 4.39 Å². The lowest BCUT2D eigenvalue weighted by atomic mass is 10.00. The summed E-state index contributed by atoms with van der Waals surface area (Å²) < 4.78 is 13.0. The summed E-state index contributed by atoms with van der Waals surface area (Å²) in [5, 5.41) is 6.28. The van der Waals surface area contributed by atoms with Crippen molar-refractivity contribution < 1.29 is 9.18 Å². The summed E-state index contributed by atoms with van der Waals surface area (Å²) in [5.74, 6) is -0.152. The molecule has 2 rings (SSSR count). The van der Waals surface area contributed by atoms with Crippen molar-refractivity contribution in [3.8, 4) is 0 Å². The van der Waals surface area contributed by atoms with E-state index in [0.29, 0.717) is 0 Å². The molecule has 1 aliphatic heterocycles. The summed E-state index contributed by atoms with van der Waals surface area (Å²) in [5.41, 5.74) is 0.946. The molecule has 0 radical (unpaired) electrons. The van der Waals surface area contributed by atoms with Crippen molar-refractivity contribution in [3.63, 3.8) is 0 Å². The van der Waals surface area contributed by atoms with Crippen molar-refractivity contribution in [2.24, 2.45) is 5.92 Å². The Morgan fingerprint density at radius 1 is 1.55 bits per heavy atom. The van der Waals surface area contributed by atoms with Gasteiger partial charge in [-0.3, -0.25) is 4.79 Å². The highest BCUT2D eigenvalue weighted by Gasteiger charge is 2.20. The predicted octanol–water partition coefficient (Wildman–Crippen LogP) is 2.29. The molecule has 0 aliphatic carbocycles. The van der Waals surface area contributed by atoms with Crippen LogP contribution >= 0.6 is 12.4 Å². The quantitative estimate of drug-likeness (QED) is 0.876. The fourth-order valence-corrected chi connectivity index (χ4v) is 2.33. The van der Waals surface area contributed by atoms with Gasteiger partial charge in [0.25, 0.3) is 0 Å². The fourth-order valence-electron chi connectivity index (χ4n) is 2.33. The van der Waals surface area contributed by atoms with Gasteiger partial charge in [0, 0.05) is 18.5 Å². The molecule has 2 unspecified atom stereocenters. The first kappa shape index (κ1) is 16.9. The Balaban J connectivity index is 0.00000200. The Kier molecular flexibility index (Phi) is 6.96. The summed E-state index contributed by atoms with van der Waals surface area (Å²) in [6, 6.07) is 6.84. The second-order valence-corrected chi connectivity index (χ2v) is 5.27. The van der Waals surface area contributed by atoms with Crippen LogP contribution in [0.3, 0.4) is 0 Å². The predicted molar refractivity (Wildman–Crippen MR) is 80.6 cm³/mol. The standard InChI is InChI=1S/C15H21FN2O.ClH/c1-11(15(19)18-14-7-8-17-10-14)5-6-12-3-2-4-13(16)9-12;/h2-4,9,11,14,17H,5-8,10H2,1H3,(H,18,19);1H. The van der Waals surface area contributed by atoms with Crippen molar-refractivity contribution in [2.45, 2.75) is 32.2 Å². The molecular formula is C15H22ClFN2O. The minimum absolute atomic E-state index is 0. The number of halogens is 2. The number of carbonyl (C=O) groups is 1. The molecule has 1 fully saturated rings. The maximum atomic E-state index is 13.0. The van der Waals surface area contributed by atoms with E-state index >= 15 is 0 Å². The Morgan fingerprint density at radius 3 is 3.00 bits per heavy atom. The maximum Gasteiger partial charge on any atom is 0.223 e. The molecule has 0 aromatic heterocycles. The smallest absolute Gasteiger partial charge is 0.223 e. The van der Waals surface area contributed by atoms with Crippen LogP contribution in [-0.2, 0) is 11.2 Å². The molecule has 2 N–H and O–H groups in total. The first-order valence-electron chi connectivity index (χ1n) is 6.90. The van der Waals surface area contributed by atoms with Gasteiger partial charge in [0.05, 0.1) is 0 Å². The molecule has 1 aromatic carbocycles. The summed E-state index contributed by atoms with van der Waals surface area (Å²) in [6.45, 7) is 3.77. The molecule has 3 nitrogen and oxygen atoms in total. The van der Waals surface area contributed by atoms with E-state index in [4.69, 9.17) is 0 Å².